The number of rotatable bonds is 6. The highest BCUT2D eigenvalue weighted by molar-refractivity contribution is 5.13. The van der Waals surface area contributed by atoms with Gasteiger partial charge < -0.3 is 14.2 Å². The molecule has 2 rings (SSSR count). The monoisotopic (exact) mass is 208 g/mol. The first-order chi connectivity index (χ1) is 7.40. The highest BCUT2D eigenvalue weighted by Crippen LogP contribution is 2.17. The van der Waals surface area contributed by atoms with Gasteiger partial charge >= 0.3 is 0 Å². The van der Waals surface area contributed by atoms with E-state index in [1.54, 1.807) is 7.11 Å². The molecular weight excluding hydrogens is 192 g/mol. The first-order valence-corrected chi connectivity index (χ1v) is 5.16. The summed E-state index contributed by atoms with van der Waals surface area (Å²) in [5.74, 6) is 0. The molecule has 82 valence electrons. The van der Waals surface area contributed by atoms with E-state index in [1.807, 2.05) is 18.2 Å². The highest BCUT2D eigenvalue weighted by Gasteiger charge is 2.32. The van der Waals surface area contributed by atoms with Crippen molar-refractivity contribution in [2.24, 2.45) is 0 Å². The first kappa shape index (κ1) is 10.6. The highest BCUT2D eigenvalue weighted by atomic mass is 16.6. The van der Waals surface area contributed by atoms with Gasteiger partial charge in [-0.05, 0) is 5.56 Å². The summed E-state index contributed by atoms with van der Waals surface area (Å²) in [6, 6.07) is 10.1. The minimum Gasteiger partial charge on any atom is -0.376 e. The largest absolute Gasteiger partial charge is 0.376 e. The lowest BCUT2D eigenvalue weighted by Crippen LogP contribution is -2.24. The predicted molar refractivity (Wildman–Crippen MR) is 56.6 cm³/mol. The molecule has 0 saturated carbocycles. The van der Waals surface area contributed by atoms with Crippen LogP contribution in [0.1, 0.15) is 5.56 Å². The van der Waals surface area contributed by atoms with Gasteiger partial charge in [-0.1, -0.05) is 30.3 Å². The van der Waals surface area contributed by atoms with Gasteiger partial charge in [-0.2, -0.15) is 0 Å². The normalized spacial score (nSPS) is 21.3. The van der Waals surface area contributed by atoms with Gasteiger partial charge in [-0.25, -0.2) is 0 Å². The Balaban J connectivity index is 1.69. The number of benzene rings is 1. The van der Waals surface area contributed by atoms with Crippen LogP contribution in [0, 0.1) is 0 Å². The third-order valence-corrected chi connectivity index (χ3v) is 2.47. The van der Waals surface area contributed by atoms with Crippen LogP contribution in [0.5, 0.6) is 0 Å². The van der Waals surface area contributed by atoms with Gasteiger partial charge in [0, 0.05) is 7.11 Å². The van der Waals surface area contributed by atoms with Gasteiger partial charge in [0.05, 0.1) is 19.8 Å². The summed E-state index contributed by atoms with van der Waals surface area (Å²) in [6.45, 7) is 2.02. The molecule has 1 heterocycles. The molecule has 0 N–H and O–H groups in total. The Bertz CT molecular complexity index is 282. The predicted octanol–water partition coefficient (Wildman–Crippen LogP) is 1.62. The molecule has 15 heavy (non-hydrogen) atoms. The average molecular weight is 208 g/mol. The fourth-order valence-electron chi connectivity index (χ4n) is 1.46. The molecular formula is C12H16O3. The van der Waals surface area contributed by atoms with E-state index in [0.717, 1.165) is 6.61 Å². The molecule has 1 fully saturated rings. The van der Waals surface area contributed by atoms with Gasteiger partial charge in [0.2, 0.25) is 0 Å². The van der Waals surface area contributed by atoms with E-state index >= 15 is 0 Å². The van der Waals surface area contributed by atoms with Crippen molar-refractivity contribution in [3.8, 4) is 0 Å². The van der Waals surface area contributed by atoms with Crippen molar-refractivity contribution in [3.05, 3.63) is 35.9 Å². The maximum Gasteiger partial charge on any atom is 0.109 e. The Hall–Kier alpha value is -0.900. The van der Waals surface area contributed by atoms with Gasteiger partial charge in [-0.3, -0.25) is 0 Å². The Morgan fingerprint density at radius 1 is 1.40 bits per heavy atom. The lowest BCUT2D eigenvalue weighted by Gasteiger charge is -2.12. The van der Waals surface area contributed by atoms with E-state index in [9.17, 15) is 0 Å². The Labute approximate surface area is 90.0 Å². The van der Waals surface area contributed by atoms with E-state index in [0.29, 0.717) is 13.2 Å². The molecule has 3 heteroatoms. The summed E-state index contributed by atoms with van der Waals surface area (Å²) in [4.78, 5) is 0. The SMILES string of the molecule is CO[C@H](COCc1ccccc1)[C@@H]1CO1. The zero-order chi connectivity index (χ0) is 10.5. The van der Waals surface area contributed by atoms with E-state index in [4.69, 9.17) is 14.2 Å². The maximum absolute atomic E-state index is 5.57. The number of hydrogen-bond acceptors (Lipinski definition) is 3. The van der Waals surface area contributed by atoms with Crippen LogP contribution in [0.2, 0.25) is 0 Å². The summed E-state index contributed by atoms with van der Waals surface area (Å²) in [6.07, 6.45) is 0.319. The van der Waals surface area contributed by atoms with Crippen LogP contribution in [0.25, 0.3) is 0 Å². The number of ether oxygens (including phenoxy) is 3. The Kier molecular flexibility index (Phi) is 3.72. The summed E-state index contributed by atoms with van der Waals surface area (Å²) in [5.41, 5.74) is 1.18. The molecule has 1 aliphatic rings. The molecule has 0 radical (unpaired) electrons. The summed E-state index contributed by atoms with van der Waals surface area (Å²) in [5, 5.41) is 0. The van der Waals surface area contributed by atoms with Crippen LogP contribution < -0.4 is 0 Å². The second-order valence-electron chi connectivity index (χ2n) is 3.65. The quantitative estimate of drug-likeness (QED) is 0.665. The summed E-state index contributed by atoms with van der Waals surface area (Å²) in [7, 11) is 1.69. The second kappa shape index (κ2) is 5.26. The molecule has 0 aromatic heterocycles. The summed E-state index contributed by atoms with van der Waals surface area (Å²) < 4.78 is 16.0. The van der Waals surface area contributed by atoms with Crippen LogP contribution in [-0.4, -0.2) is 32.5 Å². The Morgan fingerprint density at radius 3 is 2.73 bits per heavy atom. The number of hydrogen-bond donors (Lipinski definition) is 0. The lowest BCUT2D eigenvalue weighted by molar-refractivity contribution is -0.0112. The van der Waals surface area contributed by atoms with Crippen molar-refractivity contribution in [2.75, 3.05) is 20.3 Å². The van der Waals surface area contributed by atoms with Crippen LogP contribution in [0.4, 0.5) is 0 Å². The third kappa shape index (κ3) is 3.30. The molecule has 1 aliphatic heterocycles. The van der Waals surface area contributed by atoms with E-state index in [-0.39, 0.29) is 12.2 Å². The maximum atomic E-state index is 5.57. The standard InChI is InChI=1S/C12H16O3/c1-13-11(12-9-15-12)8-14-7-10-5-3-2-4-6-10/h2-6,11-12H,7-9H2,1H3/t11-,12+/m1/s1. The molecule has 0 aliphatic carbocycles. The molecule has 3 nitrogen and oxygen atoms in total. The molecule has 1 aromatic rings. The van der Waals surface area contributed by atoms with Crippen molar-refractivity contribution in [1.29, 1.82) is 0 Å². The molecule has 1 saturated heterocycles. The molecule has 1 aromatic carbocycles. The van der Waals surface area contributed by atoms with Gasteiger partial charge in [0.15, 0.2) is 0 Å². The third-order valence-electron chi connectivity index (χ3n) is 2.47. The first-order valence-electron chi connectivity index (χ1n) is 5.16. The van der Waals surface area contributed by atoms with E-state index in [2.05, 4.69) is 12.1 Å². The molecule has 0 bridgehead atoms. The minimum atomic E-state index is 0.0775. The second-order valence-corrected chi connectivity index (χ2v) is 3.65. The number of methoxy groups -OCH3 is 1. The van der Waals surface area contributed by atoms with Gasteiger partial charge in [-0.15, -0.1) is 0 Å². The van der Waals surface area contributed by atoms with Crippen LogP contribution in [0.3, 0.4) is 0 Å². The van der Waals surface area contributed by atoms with Crippen molar-refractivity contribution >= 4 is 0 Å². The zero-order valence-corrected chi connectivity index (χ0v) is 8.89. The average Bonchev–Trinajstić information content (AvgIpc) is 3.10. The van der Waals surface area contributed by atoms with Crippen LogP contribution in [-0.2, 0) is 20.8 Å². The van der Waals surface area contributed by atoms with E-state index in [1.165, 1.54) is 5.56 Å². The zero-order valence-electron chi connectivity index (χ0n) is 8.89. The fraction of sp³-hybridized carbons (Fsp3) is 0.500. The van der Waals surface area contributed by atoms with Crippen molar-refractivity contribution in [2.45, 2.75) is 18.8 Å². The molecule has 0 amide bonds. The smallest absolute Gasteiger partial charge is 0.109 e. The summed E-state index contributed by atoms with van der Waals surface area (Å²) >= 11 is 0. The van der Waals surface area contributed by atoms with Crippen molar-refractivity contribution in [3.63, 3.8) is 0 Å². The van der Waals surface area contributed by atoms with Crippen molar-refractivity contribution in [1.82, 2.24) is 0 Å². The van der Waals surface area contributed by atoms with Crippen LogP contribution >= 0.6 is 0 Å². The molecule has 0 spiro atoms. The van der Waals surface area contributed by atoms with Gasteiger partial charge in [0.1, 0.15) is 12.2 Å². The van der Waals surface area contributed by atoms with E-state index < -0.39 is 0 Å². The Morgan fingerprint density at radius 2 is 2.13 bits per heavy atom. The van der Waals surface area contributed by atoms with Crippen LogP contribution in [0.15, 0.2) is 30.3 Å². The molecule has 0 unspecified atom stereocenters. The molecule has 2 atom stereocenters. The topological polar surface area (TPSA) is 31.0 Å². The number of epoxide rings is 1. The fourth-order valence-corrected chi connectivity index (χ4v) is 1.46. The van der Waals surface area contributed by atoms with Gasteiger partial charge in [0.25, 0.3) is 0 Å². The lowest BCUT2D eigenvalue weighted by atomic mass is 10.2. The minimum absolute atomic E-state index is 0.0775. The van der Waals surface area contributed by atoms with Crippen molar-refractivity contribution < 1.29 is 14.2 Å².